The van der Waals surface area contributed by atoms with E-state index in [0.717, 1.165) is 11.5 Å². The summed E-state index contributed by atoms with van der Waals surface area (Å²) in [5.74, 6) is 1.22. The van der Waals surface area contributed by atoms with Gasteiger partial charge in [0.2, 0.25) is 0 Å². The first-order valence-corrected chi connectivity index (χ1v) is 7.81. The van der Waals surface area contributed by atoms with Gasteiger partial charge in [-0.05, 0) is 24.3 Å². The monoisotopic (exact) mass is 359 g/mol. The predicted molar refractivity (Wildman–Crippen MR) is 88.3 cm³/mol. The number of halogens is 4. The van der Waals surface area contributed by atoms with Gasteiger partial charge in [0.15, 0.2) is 5.65 Å². The van der Waals surface area contributed by atoms with Gasteiger partial charge in [-0.2, -0.15) is 0 Å². The number of aryl methyl sites for hydroxylation is 1. The first-order valence-electron chi connectivity index (χ1n) is 6.14. The lowest BCUT2D eigenvalue weighted by molar-refractivity contribution is 0.905. The average molecular weight is 361 g/mol. The molecule has 7 heteroatoms. The van der Waals surface area contributed by atoms with Gasteiger partial charge < -0.3 is 0 Å². The Bertz CT molecular complexity index is 813. The molecule has 0 saturated heterocycles. The van der Waals surface area contributed by atoms with E-state index in [-0.39, 0.29) is 0 Å². The van der Waals surface area contributed by atoms with E-state index < -0.39 is 0 Å². The highest BCUT2D eigenvalue weighted by Gasteiger charge is 2.16. The Morgan fingerprint density at radius 1 is 1.05 bits per heavy atom. The second-order valence-corrected chi connectivity index (χ2v) is 6.05. The van der Waals surface area contributed by atoms with E-state index in [1.807, 2.05) is 10.6 Å². The molecule has 0 bridgehead atoms. The highest BCUT2D eigenvalue weighted by atomic mass is 35.5. The van der Waals surface area contributed by atoms with Crippen molar-refractivity contribution in [3.63, 3.8) is 0 Å². The molecule has 0 spiro atoms. The summed E-state index contributed by atoms with van der Waals surface area (Å²) in [5.41, 5.74) is 2.15. The molecule has 0 radical (unpaired) electrons. The van der Waals surface area contributed by atoms with E-state index in [2.05, 4.69) is 9.97 Å². The fraction of sp³-hybridized carbons (Fsp3) is 0.143. The highest BCUT2D eigenvalue weighted by Crippen LogP contribution is 2.29. The normalized spacial score (nSPS) is 11.2. The molecule has 3 aromatic rings. The molecule has 108 valence electrons. The molecule has 0 aliphatic heterocycles. The summed E-state index contributed by atoms with van der Waals surface area (Å²) in [6.45, 7) is 0. The number of hydrogen-bond acceptors (Lipinski definition) is 2. The van der Waals surface area contributed by atoms with Gasteiger partial charge in [-0.15, -0.1) is 11.6 Å². The third-order valence-electron chi connectivity index (χ3n) is 3.00. The van der Waals surface area contributed by atoms with Crippen LogP contribution in [0.1, 0.15) is 5.82 Å². The van der Waals surface area contributed by atoms with Crippen LogP contribution in [-0.4, -0.2) is 20.4 Å². The van der Waals surface area contributed by atoms with Crippen LogP contribution in [0.15, 0.2) is 30.5 Å². The maximum atomic E-state index is 6.30. The van der Waals surface area contributed by atoms with Gasteiger partial charge in [0.25, 0.3) is 0 Å². The highest BCUT2D eigenvalue weighted by molar-refractivity contribution is 6.35. The molecule has 21 heavy (non-hydrogen) atoms. The fourth-order valence-electron chi connectivity index (χ4n) is 2.16. The summed E-state index contributed by atoms with van der Waals surface area (Å²) in [5, 5.41) is 1.63. The Hall–Kier alpha value is -1.000. The number of benzene rings is 1. The molecule has 0 aliphatic rings. The zero-order valence-electron chi connectivity index (χ0n) is 10.7. The molecule has 3 rings (SSSR count). The molecule has 0 amide bonds. The number of fused-ring (bicyclic) bond motifs is 1. The van der Waals surface area contributed by atoms with Crippen molar-refractivity contribution in [2.24, 2.45) is 0 Å². The van der Waals surface area contributed by atoms with Gasteiger partial charge in [0.1, 0.15) is 11.3 Å². The first kappa shape index (κ1) is 14.9. The van der Waals surface area contributed by atoms with Gasteiger partial charge >= 0.3 is 0 Å². The van der Waals surface area contributed by atoms with E-state index in [0.29, 0.717) is 38.5 Å². The summed E-state index contributed by atoms with van der Waals surface area (Å²) in [6.07, 6.45) is 2.17. The number of nitrogens with zero attached hydrogens (tertiary/aromatic N) is 3. The van der Waals surface area contributed by atoms with E-state index in [1.165, 1.54) is 0 Å². The second kappa shape index (κ2) is 6.01. The Morgan fingerprint density at radius 2 is 1.86 bits per heavy atom. The number of imidazole rings is 1. The SMILES string of the molecule is ClCCc1nc2cc(Cl)cnc2n1-c1ccc(Cl)cc1Cl. The van der Waals surface area contributed by atoms with Gasteiger partial charge in [-0.1, -0.05) is 34.8 Å². The Balaban J connectivity index is 2.30. The van der Waals surface area contributed by atoms with Crippen LogP contribution in [0.5, 0.6) is 0 Å². The number of hydrogen-bond donors (Lipinski definition) is 0. The van der Waals surface area contributed by atoms with Crippen LogP contribution in [0.2, 0.25) is 15.1 Å². The van der Waals surface area contributed by atoms with E-state index in [9.17, 15) is 0 Å². The topological polar surface area (TPSA) is 30.7 Å². The Morgan fingerprint density at radius 3 is 2.57 bits per heavy atom. The summed E-state index contributed by atoms with van der Waals surface area (Å²) in [7, 11) is 0. The standard InChI is InChI=1S/C14H9Cl4N3/c15-4-3-13-20-11-6-9(17)7-19-14(11)21(13)12-2-1-8(16)5-10(12)18/h1-2,5-7H,3-4H2. The van der Waals surface area contributed by atoms with Gasteiger partial charge in [0.05, 0.1) is 15.7 Å². The largest absolute Gasteiger partial charge is 0.279 e. The molecule has 3 nitrogen and oxygen atoms in total. The summed E-state index contributed by atoms with van der Waals surface area (Å²) in [6, 6.07) is 7.06. The third-order valence-corrected chi connectivity index (χ3v) is 3.94. The number of alkyl halides is 1. The second-order valence-electron chi connectivity index (χ2n) is 4.39. The summed E-state index contributed by atoms with van der Waals surface area (Å²) in [4.78, 5) is 8.90. The lowest BCUT2D eigenvalue weighted by Gasteiger charge is -2.10. The van der Waals surface area contributed by atoms with Crippen molar-refractivity contribution in [2.45, 2.75) is 6.42 Å². The van der Waals surface area contributed by atoms with E-state index in [1.54, 1.807) is 24.4 Å². The average Bonchev–Trinajstić information content (AvgIpc) is 2.76. The van der Waals surface area contributed by atoms with Crippen molar-refractivity contribution in [2.75, 3.05) is 5.88 Å². The van der Waals surface area contributed by atoms with E-state index in [4.69, 9.17) is 46.4 Å². The molecule has 1 aromatic carbocycles. The number of pyridine rings is 1. The minimum absolute atomic E-state index is 0.447. The molecule has 0 aliphatic carbocycles. The smallest absolute Gasteiger partial charge is 0.164 e. The van der Waals surface area contributed by atoms with Crippen LogP contribution in [0.3, 0.4) is 0 Å². The summed E-state index contributed by atoms with van der Waals surface area (Å²) >= 11 is 24.1. The van der Waals surface area contributed by atoms with Crippen LogP contribution < -0.4 is 0 Å². The fourth-order valence-corrected chi connectivity index (χ4v) is 2.97. The lowest BCUT2D eigenvalue weighted by atomic mass is 10.3. The van der Waals surface area contributed by atoms with Crippen molar-refractivity contribution in [3.05, 3.63) is 51.4 Å². The van der Waals surface area contributed by atoms with Crippen molar-refractivity contribution in [1.82, 2.24) is 14.5 Å². The zero-order valence-corrected chi connectivity index (χ0v) is 13.7. The number of aromatic nitrogens is 3. The quantitative estimate of drug-likeness (QED) is 0.604. The Kier molecular flexibility index (Phi) is 4.27. The molecule has 2 heterocycles. The zero-order chi connectivity index (χ0) is 15.0. The maximum absolute atomic E-state index is 6.30. The van der Waals surface area contributed by atoms with Crippen LogP contribution in [0, 0.1) is 0 Å². The molecule has 0 atom stereocenters. The molecule has 0 saturated carbocycles. The van der Waals surface area contributed by atoms with Crippen LogP contribution in [0.4, 0.5) is 0 Å². The van der Waals surface area contributed by atoms with Crippen LogP contribution in [-0.2, 0) is 6.42 Å². The molecule has 2 aromatic heterocycles. The van der Waals surface area contributed by atoms with Crippen LogP contribution in [0.25, 0.3) is 16.9 Å². The molecular weight excluding hydrogens is 352 g/mol. The minimum atomic E-state index is 0.447. The summed E-state index contributed by atoms with van der Waals surface area (Å²) < 4.78 is 1.88. The predicted octanol–water partition coefficient (Wildman–Crippen LogP) is 5.16. The third kappa shape index (κ3) is 2.84. The molecular formula is C14H9Cl4N3. The number of rotatable bonds is 3. The van der Waals surface area contributed by atoms with Crippen molar-refractivity contribution in [1.29, 1.82) is 0 Å². The Labute approximate surface area is 141 Å². The van der Waals surface area contributed by atoms with Crippen molar-refractivity contribution < 1.29 is 0 Å². The van der Waals surface area contributed by atoms with Crippen molar-refractivity contribution >= 4 is 57.6 Å². The van der Waals surface area contributed by atoms with E-state index >= 15 is 0 Å². The van der Waals surface area contributed by atoms with Crippen molar-refractivity contribution in [3.8, 4) is 5.69 Å². The first-order chi connectivity index (χ1) is 10.1. The molecule has 0 fully saturated rings. The minimum Gasteiger partial charge on any atom is -0.279 e. The lowest BCUT2D eigenvalue weighted by Crippen LogP contribution is -2.03. The van der Waals surface area contributed by atoms with Gasteiger partial charge in [-0.3, -0.25) is 4.57 Å². The maximum Gasteiger partial charge on any atom is 0.164 e. The van der Waals surface area contributed by atoms with Gasteiger partial charge in [-0.25, -0.2) is 9.97 Å². The van der Waals surface area contributed by atoms with Crippen LogP contribution >= 0.6 is 46.4 Å². The molecule has 0 unspecified atom stereocenters. The molecule has 0 N–H and O–H groups in total. The van der Waals surface area contributed by atoms with Gasteiger partial charge in [0, 0.05) is 23.5 Å².